The molecule has 0 unspecified atom stereocenters. The normalized spacial score (nSPS) is 17.5. The summed E-state index contributed by atoms with van der Waals surface area (Å²) in [6, 6.07) is 11.0. The van der Waals surface area contributed by atoms with E-state index in [4.69, 9.17) is 9.47 Å². The maximum absolute atomic E-state index is 14.8. The molecule has 36 heavy (non-hydrogen) atoms. The second kappa shape index (κ2) is 11.0. The minimum absolute atomic E-state index is 0.000317. The Morgan fingerprint density at radius 3 is 2.22 bits per heavy atom. The Morgan fingerprint density at radius 2 is 1.58 bits per heavy atom. The van der Waals surface area contributed by atoms with Crippen LogP contribution in [0.5, 0.6) is 11.5 Å². The Morgan fingerprint density at radius 1 is 0.889 bits per heavy atom. The Balaban J connectivity index is 1.48. The van der Waals surface area contributed by atoms with Crippen molar-refractivity contribution in [1.29, 1.82) is 0 Å². The molecule has 1 fully saturated rings. The summed E-state index contributed by atoms with van der Waals surface area (Å²) in [6.45, 7) is 5.65. The van der Waals surface area contributed by atoms with E-state index in [0.717, 1.165) is 25.7 Å². The number of esters is 1. The zero-order chi connectivity index (χ0) is 25.8. The van der Waals surface area contributed by atoms with Crippen molar-refractivity contribution in [2.45, 2.75) is 38.5 Å². The molecular formula is C29H26F4O3. The SMILES string of the molecule is C=CC1CCC(c2ccc(C(=O)Oc3ccc(-c4ccc(OCC)c(F)c4F)cc3)c(F)c2F)CC1. The predicted molar refractivity (Wildman–Crippen MR) is 129 cm³/mol. The van der Waals surface area contributed by atoms with Gasteiger partial charge in [-0.2, -0.15) is 4.39 Å². The molecule has 0 heterocycles. The number of benzene rings is 3. The summed E-state index contributed by atoms with van der Waals surface area (Å²) < 4.78 is 68.5. The lowest BCUT2D eigenvalue weighted by atomic mass is 9.78. The first-order chi connectivity index (χ1) is 17.3. The van der Waals surface area contributed by atoms with Gasteiger partial charge in [0.25, 0.3) is 0 Å². The van der Waals surface area contributed by atoms with Crippen LogP contribution in [0.25, 0.3) is 11.1 Å². The first-order valence-corrected chi connectivity index (χ1v) is 11.9. The van der Waals surface area contributed by atoms with Crippen molar-refractivity contribution >= 4 is 5.97 Å². The summed E-state index contributed by atoms with van der Waals surface area (Å²) in [5, 5.41) is 0. The molecule has 1 aliphatic carbocycles. The zero-order valence-electron chi connectivity index (χ0n) is 19.8. The summed E-state index contributed by atoms with van der Waals surface area (Å²) in [5.41, 5.74) is 0.0851. The predicted octanol–water partition coefficient (Wildman–Crippen LogP) is 7.99. The highest BCUT2D eigenvalue weighted by molar-refractivity contribution is 5.91. The second-order valence-corrected chi connectivity index (χ2v) is 8.76. The lowest BCUT2D eigenvalue weighted by Crippen LogP contribution is -2.16. The van der Waals surface area contributed by atoms with Crippen LogP contribution in [-0.2, 0) is 0 Å². The Kier molecular flexibility index (Phi) is 7.77. The molecule has 3 aromatic carbocycles. The van der Waals surface area contributed by atoms with E-state index < -0.39 is 34.8 Å². The van der Waals surface area contributed by atoms with Crippen LogP contribution in [0.15, 0.2) is 61.2 Å². The van der Waals surface area contributed by atoms with Crippen molar-refractivity contribution in [1.82, 2.24) is 0 Å². The van der Waals surface area contributed by atoms with Gasteiger partial charge in [-0.3, -0.25) is 0 Å². The molecule has 0 bridgehead atoms. The Labute approximate surface area is 207 Å². The minimum Gasteiger partial charge on any atom is -0.491 e. The van der Waals surface area contributed by atoms with Crippen molar-refractivity contribution in [3.05, 3.63) is 95.6 Å². The van der Waals surface area contributed by atoms with Crippen LogP contribution < -0.4 is 9.47 Å². The van der Waals surface area contributed by atoms with Gasteiger partial charge in [0.2, 0.25) is 5.82 Å². The van der Waals surface area contributed by atoms with Gasteiger partial charge in [0, 0.05) is 5.56 Å². The third-order valence-electron chi connectivity index (χ3n) is 6.60. The summed E-state index contributed by atoms with van der Waals surface area (Å²) in [6.07, 6.45) is 5.07. The fraction of sp³-hybridized carbons (Fsp3) is 0.276. The topological polar surface area (TPSA) is 35.5 Å². The molecular weight excluding hydrogens is 472 g/mol. The first-order valence-electron chi connectivity index (χ1n) is 11.9. The van der Waals surface area contributed by atoms with Crippen LogP contribution in [0.4, 0.5) is 17.6 Å². The van der Waals surface area contributed by atoms with Gasteiger partial charge in [0.05, 0.1) is 12.2 Å². The number of carbonyl (C=O) groups excluding carboxylic acids is 1. The lowest BCUT2D eigenvalue weighted by Gasteiger charge is -2.27. The summed E-state index contributed by atoms with van der Waals surface area (Å²) in [7, 11) is 0. The van der Waals surface area contributed by atoms with Gasteiger partial charge in [-0.25, -0.2) is 18.0 Å². The molecule has 0 atom stereocenters. The van der Waals surface area contributed by atoms with Crippen molar-refractivity contribution < 1.29 is 31.8 Å². The number of carbonyl (C=O) groups is 1. The quantitative estimate of drug-likeness (QED) is 0.143. The van der Waals surface area contributed by atoms with Crippen LogP contribution in [0.3, 0.4) is 0 Å². The van der Waals surface area contributed by atoms with E-state index in [9.17, 15) is 22.4 Å². The average molecular weight is 499 g/mol. The highest BCUT2D eigenvalue weighted by atomic mass is 19.2. The molecule has 0 amide bonds. The molecule has 0 N–H and O–H groups in total. The largest absolute Gasteiger partial charge is 0.491 e. The van der Waals surface area contributed by atoms with E-state index in [0.29, 0.717) is 11.5 Å². The number of halogens is 4. The van der Waals surface area contributed by atoms with Gasteiger partial charge in [0.1, 0.15) is 5.75 Å². The number of rotatable bonds is 7. The van der Waals surface area contributed by atoms with Crippen molar-refractivity contribution in [3.63, 3.8) is 0 Å². The van der Waals surface area contributed by atoms with Crippen LogP contribution in [-0.4, -0.2) is 12.6 Å². The van der Waals surface area contributed by atoms with Crippen molar-refractivity contribution in [2.75, 3.05) is 6.61 Å². The number of allylic oxidation sites excluding steroid dienone is 1. The third-order valence-corrected chi connectivity index (χ3v) is 6.60. The van der Waals surface area contributed by atoms with E-state index >= 15 is 0 Å². The standard InChI is InChI=1S/C29H26F4O3/c1-3-17-5-7-18(8-6-17)21-13-14-23(27(32)25(21)30)29(34)36-20-11-9-19(10-12-20)22-15-16-24(35-4-2)28(33)26(22)31/h3,9-18H,1,4-8H2,2H3. The Hall–Kier alpha value is -3.61. The van der Waals surface area contributed by atoms with Gasteiger partial charge >= 0.3 is 5.97 Å². The summed E-state index contributed by atoms with van der Waals surface area (Å²) in [5.74, 6) is -5.36. The smallest absolute Gasteiger partial charge is 0.346 e. The molecule has 3 nitrogen and oxygen atoms in total. The molecule has 3 aromatic rings. The lowest BCUT2D eigenvalue weighted by molar-refractivity contribution is 0.0728. The highest BCUT2D eigenvalue weighted by Crippen LogP contribution is 2.38. The third kappa shape index (κ3) is 5.15. The fourth-order valence-corrected chi connectivity index (χ4v) is 4.59. The van der Waals surface area contributed by atoms with E-state index in [-0.39, 0.29) is 35.2 Å². The number of hydrogen-bond acceptors (Lipinski definition) is 3. The second-order valence-electron chi connectivity index (χ2n) is 8.76. The van der Waals surface area contributed by atoms with Gasteiger partial charge < -0.3 is 9.47 Å². The van der Waals surface area contributed by atoms with Crippen LogP contribution >= 0.6 is 0 Å². The van der Waals surface area contributed by atoms with Gasteiger partial charge in [-0.15, -0.1) is 6.58 Å². The van der Waals surface area contributed by atoms with Gasteiger partial charge in [-0.05, 0) is 85.9 Å². The molecule has 0 spiro atoms. The van der Waals surface area contributed by atoms with E-state index in [1.807, 2.05) is 6.08 Å². The molecule has 0 saturated heterocycles. The minimum atomic E-state index is -1.24. The summed E-state index contributed by atoms with van der Waals surface area (Å²) >= 11 is 0. The molecule has 0 aromatic heterocycles. The van der Waals surface area contributed by atoms with Crippen LogP contribution in [0, 0.1) is 29.2 Å². The maximum atomic E-state index is 14.8. The average Bonchev–Trinajstić information content (AvgIpc) is 2.89. The Bertz CT molecular complexity index is 1260. The van der Waals surface area contributed by atoms with Crippen LogP contribution in [0.2, 0.25) is 0 Å². The fourth-order valence-electron chi connectivity index (χ4n) is 4.59. The van der Waals surface area contributed by atoms with Gasteiger partial charge in [0.15, 0.2) is 23.2 Å². The number of hydrogen-bond donors (Lipinski definition) is 0. The monoisotopic (exact) mass is 498 g/mol. The van der Waals surface area contributed by atoms with Crippen LogP contribution in [0.1, 0.15) is 54.4 Å². The number of ether oxygens (including phenoxy) is 2. The van der Waals surface area contributed by atoms with E-state index in [1.54, 1.807) is 6.92 Å². The highest BCUT2D eigenvalue weighted by Gasteiger charge is 2.27. The molecule has 0 aliphatic heterocycles. The van der Waals surface area contributed by atoms with Crippen molar-refractivity contribution in [3.8, 4) is 22.6 Å². The molecule has 1 saturated carbocycles. The maximum Gasteiger partial charge on any atom is 0.346 e. The van der Waals surface area contributed by atoms with E-state index in [2.05, 4.69) is 6.58 Å². The molecule has 0 radical (unpaired) electrons. The molecule has 1 aliphatic rings. The molecule has 4 rings (SSSR count). The van der Waals surface area contributed by atoms with Gasteiger partial charge in [-0.1, -0.05) is 24.3 Å². The molecule has 188 valence electrons. The van der Waals surface area contributed by atoms with E-state index in [1.165, 1.54) is 48.5 Å². The van der Waals surface area contributed by atoms with Crippen molar-refractivity contribution in [2.24, 2.45) is 5.92 Å². The first kappa shape index (κ1) is 25.5. The molecule has 7 heteroatoms. The summed E-state index contributed by atoms with van der Waals surface area (Å²) in [4.78, 5) is 12.5. The zero-order valence-corrected chi connectivity index (χ0v) is 19.8.